The van der Waals surface area contributed by atoms with Gasteiger partial charge in [-0.25, -0.2) is 8.98 Å². The summed E-state index contributed by atoms with van der Waals surface area (Å²) in [6, 6.07) is -1.57. The molecule has 0 saturated carbocycles. The molecule has 0 unspecified atom stereocenters. The molecule has 10 atom stereocenters. The summed E-state index contributed by atoms with van der Waals surface area (Å²) in [6.45, 7) is 0.0134. The molecule has 0 aromatic rings. The number of aliphatic hydroxyl groups excluding tert-OH is 5. The first-order chi connectivity index (χ1) is 14.2. The number of aliphatic hydroxyl groups is 5. The predicted molar refractivity (Wildman–Crippen MR) is 91.2 cm³/mol. The van der Waals surface area contributed by atoms with Crippen molar-refractivity contribution in [2.45, 2.75) is 68.3 Å². The maximum Gasteiger partial charge on any atom is 0.397 e. The Balaban J connectivity index is 2.30. The highest BCUT2D eigenvalue weighted by molar-refractivity contribution is 7.80. The fourth-order valence-electron chi connectivity index (χ4n) is 3.08. The van der Waals surface area contributed by atoms with Crippen molar-refractivity contribution in [2.75, 3.05) is 6.61 Å². The largest absolute Gasteiger partial charge is 0.479 e. The molecular formula is C14H23NO15S. The third-order valence-corrected chi connectivity index (χ3v) is 4.98. The topological polar surface area (TPSA) is 259 Å². The van der Waals surface area contributed by atoms with Gasteiger partial charge in [0.05, 0.1) is 6.61 Å². The Hall–Kier alpha value is -1.51. The second kappa shape index (κ2) is 9.96. The summed E-state index contributed by atoms with van der Waals surface area (Å²) in [6.07, 6.45) is -17.3. The summed E-state index contributed by atoms with van der Waals surface area (Å²) in [7, 11) is -4.97. The highest BCUT2D eigenvalue weighted by Gasteiger charge is 2.52. The molecule has 0 bridgehead atoms. The number of aliphatic carboxylic acids is 1. The average molecular weight is 477 g/mol. The molecular weight excluding hydrogens is 454 g/mol. The van der Waals surface area contributed by atoms with E-state index < -0.39 is 90.2 Å². The van der Waals surface area contributed by atoms with E-state index in [1.807, 2.05) is 0 Å². The van der Waals surface area contributed by atoms with Crippen LogP contribution in [-0.2, 0) is 38.4 Å². The lowest BCUT2D eigenvalue weighted by Crippen LogP contribution is -2.68. The van der Waals surface area contributed by atoms with Crippen LogP contribution in [0.1, 0.15) is 6.92 Å². The number of hydrogen-bond donors (Lipinski definition) is 8. The Labute approximate surface area is 174 Å². The molecule has 0 radical (unpaired) electrons. The zero-order valence-electron chi connectivity index (χ0n) is 15.8. The monoisotopic (exact) mass is 477 g/mol. The highest BCUT2D eigenvalue weighted by atomic mass is 32.3. The molecule has 2 heterocycles. The number of carboxylic acids is 1. The lowest BCUT2D eigenvalue weighted by Gasteiger charge is -2.46. The molecule has 2 fully saturated rings. The minimum Gasteiger partial charge on any atom is -0.479 e. The third-order valence-electron chi connectivity index (χ3n) is 4.55. The Morgan fingerprint density at radius 3 is 2.13 bits per heavy atom. The fraction of sp³-hybridized carbons (Fsp3) is 0.857. The summed E-state index contributed by atoms with van der Waals surface area (Å²) in [4.78, 5) is 22.9. The molecule has 16 nitrogen and oxygen atoms in total. The molecule has 17 heteroatoms. The van der Waals surface area contributed by atoms with Crippen LogP contribution < -0.4 is 5.32 Å². The standard InChI is InChI=1S/C14H23NO15S/c1-3(16)15-5-7(18)6(17)4(2-27-31(24,25)26)28-14(5)30-10-8(19)9(20)13(23)29-11(10)12(21)22/h4-11,13-14,17-20,23H,2H2,1H3,(H,15,16)(H,21,22)(H,24,25,26)/t4-,5-,6+,7-,8-,9-,10+,11+,13-,14+/m1/s1. The smallest absolute Gasteiger partial charge is 0.397 e. The second-order valence-corrected chi connectivity index (χ2v) is 7.92. The molecule has 8 N–H and O–H groups in total. The van der Waals surface area contributed by atoms with Crippen LogP contribution in [0.5, 0.6) is 0 Å². The van der Waals surface area contributed by atoms with E-state index in [9.17, 15) is 48.6 Å². The normalized spacial score (nSPS) is 41.5. The van der Waals surface area contributed by atoms with Crippen LogP contribution in [0.15, 0.2) is 0 Å². The number of ether oxygens (including phenoxy) is 3. The number of rotatable bonds is 7. The highest BCUT2D eigenvalue weighted by Crippen LogP contribution is 2.29. The van der Waals surface area contributed by atoms with Gasteiger partial charge in [0, 0.05) is 6.92 Å². The molecule has 31 heavy (non-hydrogen) atoms. The van der Waals surface area contributed by atoms with Gasteiger partial charge >= 0.3 is 16.4 Å². The van der Waals surface area contributed by atoms with Crippen molar-refractivity contribution < 1.29 is 71.6 Å². The van der Waals surface area contributed by atoms with Crippen LogP contribution in [0.3, 0.4) is 0 Å². The molecule has 180 valence electrons. The Morgan fingerprint density at radius 1 is 1.00 bits per heavy atom. The van der Waals surface area contributed by atoms with Crippen LogP contribution in [0.4, 0.5) is 0 Å². The first kappa shape index (κ1) is 25.7. The van der Waals surface area contributed by atoms with Crippen molar-refractivity contribution in [3.63, 3.8) is 0 Å². The maximum absolute atomic E-state index is 11.5. The lowest BCUT2D eigenvalue weighted by molar-refractivity contribution is -0.335. The number of amides is 1. The first-order valence-corrected chi connectivity index (χ1v) is 10.1. The Morgan fingerprint density at radius 2 is 1.61 bits per heavy atom. The quantitative estimate of drug-likeness (QED) is 0.159. The van der Waals surface area contributed by atoms with E-state index in [1.165, 1.54) is 0 Å². The summed E-state index contributed by atoms with van der Waals surface area (Å²) in [5.41, 5.74) is 0. The van der Waals surface area contributed by atoms with Gasteiger partial charge in [-0.1, -0.05) is 0 Å². The zero-order valence-corrected chi connectivity index (χ0v) is 16.6. The van der Waals surface area contributed by atoms with Gasteiger partial charge in [0.25, 0.3) is 0 Å². The lowest BCUT2D eigenvalue weighted by atomic mass is 9.95. The number of carbonyl (C=O) groups is 2. The van der Waals surface area contributed by atoms with E-state index in [-0.39, 0.29) is 0 Å². The molecule has 2 aliphatic heterocycles. The average Bonchev–Trinajstić information content (AvgIpc) is 2.65. The summed E-state index contributed by atoms with van der Waals surface area (Å²) >= 11 is 0. The second-order valence-electron chi connectivity index (χ2n) is 6.83. The van der Waals surface area contributed by atoms with Gasteiger partial charge in [0.2, 0.25) is 5.91 Å². The van der Waals surface area contributed by atoms with Crippen LogP contribution in [0.2, 0.25) is 0 Å². The van der Waals surface area contributed by atoms with Gasteiger partial charge in [-0.05, 0) is 0 Å². The molecule has 0 aliphatic carbocycles. The van der Waals surface area contributed by atoms with Crippen LogP contribution in [-0.4, -0.2) is 123 Å². The van der Waals surface area contributed by atoms with Crippen molar-refractivity contribution in [1.29, 1.82) is 0 Å². The molecule has 0 spiro atoms. The summed E-state index contributed by atoms with van der Waals surface area (Å²) < 4.78 is 49.6. The molecule has 1 amide bonds. The van der Waals surface area contributed by atoms with E-state index in [2.05, 4.69) is 9.50 Å². The van der Waals surface area contributed by atoms with Gasteiger partial charge in [-0.15, -0.1) is 0 Å². The number of carboxylic acid groups (broad SMARTS) is 1. The SMILES string of the molecule is CC(=O)N[C@H]1[C@H](O[C@H]2[C@H](O)[C@@H](O)[C@H](O)O[C@@H]2C(=O)O)O[C@H](COS(=O)(=O)O)[C@H](O)[C@@H]1O. The van der Waals surface area contributed by atoms with Crippen molar-refractivity contribution in [3.05, 3.63) is 0 Å². The van der Waals surface area contributed by atoms with Crippen molar-refractivity contribution in [3.8, 4) is 0 Å². The maximum atomic E-state index is 11.5. The van der Waals surface area contributed by atoms with E-state index in [0.717, 1.165) is 6.92 Å². The van der Waals surface area contributed by atoms with Crippen LogP contribution in [0, 0.1) is 0 Å². The minimum absolute atomic E-state index is 0.744. The van der Waals surface area contributed by atoms with Crippen LogP contribution >= 0.6 is 0 Å². The van der Waals surface area contributed by atoms with Gasteiger partial charge in [0.15, 0.2) is 18.7 Å². The Kier molecular flexibility index (Phi) is 8.27. The molecule has 0 aromatic carbocycles. The zero-order chi connectivity index (χ0) is 23.7. The van der Waals surface area contributed by atoms with Crippen molar-refractivity contribution >= 4 is 22.3 Å². The van der Waals surface area contributed by atoms with Crippen molar-refractivity contribution in [2.24, 2.45) is 0 Å². The Bertz CT molecular complexity index is 761. The fourth-order valence-corrected chi connectivity index (χ4v) is 3.39. The van der Waals surface area contributed by atoms with Crippen LogP contribution in [0.25, 0.3) is 0 Å². The van der Waals surface area contributed by atoms with E-state index in [1.54, 1.807) is 0 Å². The minimum atomic E-state index is -4.97. The molecule has 0 aromatic heterocycles. The van der Waals surface area contributed by atoms with Crippen molar-refractivity contribution in [1.82, 2.24) is 5.32 Å². The van der Waals surface area contributed by atoms with Gasteiger partial charge in [0.1, 0.15) is 42.7 Å². The van der Waals surface area contributed by atoms with E-state index >= 15 is 0 Å². The predicted octanol–water partition coefficient (Wildman–Crippen LogP) is -5.33. The first-order valence-electron chi connectivity index (χ1n) is 8.71. The molecule has 2 saturated heterocycles. The van der Waals surface area contributed by atoms with Gasteiger partial charge < -0.3 is 50.2 Å². The summed E-state index contributed by atoms with van der Waals surface area (Å²) in [5, 5.41) is 61.3. The van der Waals surface area contributed by atoms with Gasteiger partial charge in [-0.2, -0.15) is 8.42 Å². The van der Waals surface area contributed by atoms with E-state index in [0.29, 0.717) is 0 Å². The summed E-state index contributed by atoms with van der Waals surface area (Å²) in [5.74, 6) is -2.46. The molecule has 2 aliphatic rings. The number of nitrogens with one attached hydrogen (secondary N) is 1. The third kappa shape index (κ3) is 6.26. The number of carbonyl (C=O) groups excluding carboxylic acids is 1. The van der Waals surface area contributed by atoms with E-state index in [4.69, 9.17) is 18.8 Å². The molecule has 2 rings (SSSR count). The van der Waals surface area contributed by atoms with Gasteiger partial charge in [-0.3, -0.25) is 9.35 Å². The number of hydrogen-bond acceptors (Lipinski definition) is 13.